The van der Waals surface area contributed by atoms with E-state index < -0.39 is 5.41 Å². The molecular formula is C15H22ClFN2O. The van der Waals surface area contributed by atoms with E-state index >= 15 is 0 Å². The molecule has 0 spiro atoms. The third-order valence-corrected chi connectivity index (χ3v) is 3.95. The zero-order valence-electron chi connectivity index (χ0n) is 11.5. The van der Waals surface area contributed by atoms with Crippen molar-refractivity contribution in [2.75, 3.05) is 13.1 Å². The number of amides is 1. The molecule has 3 nitrogen and oxygen atoms in total. The Morgan fingerprint density at radius 3 is 2.60 bits per heavy atom. The first-order chi connectivity index (χ1) is 9.19. The molecule has 1 aliphatic rings. The van der Waals surface area contributed by atoms with Gasteiger partial charge in [-0.15, -0.1) is 12.4 Å². The Balaban J connectivity index is 0.00000200. The average molecular weight is 301 g/mol. The summed E-state index contributed by atoms with van der Waals surface area (Å²) in [5.41, 5.74) is 5.66. The van der Waals surface area contributed by atoms with Gasteiger partial charge in [-0.05, 0) is 30.5 Å². The van der Waals surface area contributed by atoms with Crippen LogP contribution in [0.2, 0.25) is 0 Å². The number of hydrogen-bond donors (Lipinski definition) is 2. The fraction of sp³-hybridized carbons (Fsp3) is 0.533. The van der Waals surface area contributed by atoms with Crippen molar-refractivity contribution >= 4 is 18.3 Å². The van der Waals surface area contributed by atoms with Crippen LogP contribution in [0.4, 0.5) is 4.39 Å². The van der Waals surface area contributed by atoms with Crippen LogP contribution >= 0.6 is 12.4 Å². The van der Waals surface area contributed by atoms with Crippen molar-refractivity contribution in [3.8, 4) is 0 Å². The standard InChI is InChI=1S/C15H21FN2O.ClH/c16-13-6-4-5-12(11-13)15(7-2-1-3-8-15)14(19)18-10-9-17;/h4-6,11H,1-3,7-10,17H2,(H,18,19);1H. The van der Waals surface area contributed by atoms with Crippen molar-refractivity contribution in [2.24, 2.45) is 5.73 Å². The Morgan fingerprint density at radius 1 is 1.30 bits per heavy atom. The van der Waals surface area contributed by atoms with Gasteiger partial charge in [-0.25, -0.2) is 4.39 Å². The van der Waals surface area contributed by atoms with Gasteiger partial charge in [0, 0.05) is 13.1 Å². The number of carbonyl (C=O) groups is 1. The van der Waals surface area contributed by atoms with E-state index in [1.165, 1.54) is 12.1 Å². The lowest BCUT2D eigenvalue weighted by molar-refractivity contribution is -0.128. The van der Waals surface area contributed by atoms with Gasteiger partial charge in [-0.1, -0.05) is 31.4 Å². The molecule has 0 bridgehead atoms. The summed E-state index contributed by atoms with van der Waals surface area (Å²) in [7, 11) is 0. The van der Waals surface area contributed by atoms with Crippen molar-refractivity contribution in [2.45, 2.75) is 37.5 Å². The van der Waals surface area contributed by atoms with E-state index in [-0.39, 0.29) is 24.1 Å². The molecule has 5 heteroatoms. The Morgan fingerprint density at radius 2 is 2.00 bits per heavy atom. The zero-order valence-corrected chi connectivity index (χ0v) is 12.3. The highest BCUT2D eigenvalue weighted by atomic mass is 35.5. The van der Waals surface area contributed by atoms with E-state index in [9.17, 15) is 9.18 Å². The highest BCUT2D eigenvalue weighted by molar-refractivity contribution is 5.88. The molecule has 1 aromatic carbocycles. The lowest BCUT2D eigenvalue weighted by Gasteiger charge is -2.36. The SMILES string of the molecule is Cl.NCCNC(=O)C1(c2cccc(F)c2)CCCCC1. The molecule has 1 saturated carbocycles. The van der Waals surface area contributed by atoms with Crippen molar-refractivity contribution < 1.29 is 9.18 Å². The second-order valence-electron chi connectivity index (χ2n) is 5.20. The molecule has 2 rings (SSSR count). The minimum absolute atomic E-state index is 0. The molecule has 0 radical (unpaired) electrons. The van der Waals surface area contributed by atoms with E-state index in [4.69, 9.17) is 5.73 Å². The van der Waals surface area contributed by atoms with Crippen LogP contribution in [0, 0.1) is 5.82 Å². The van der Waals surface area contributed by atoms with Gasteiger partial charge in [-0.3, -0.25) is 4.79 Å². The van der Waals surface area contributed by atoms with E-state index in [1.807, 2.05) is 6.07 Å². The fourth-order valence-electron chi connectivity index (χ4n) is 2.94. The number of hydrogen-bond acceptors (Lipinski definition) is 2. The number of nitrogens with one attached hydrogen (secondary N) is 1. The monoisotopic (exact) mass is 300 g/mol. The van der Waals surface area contributed by atoms with Gasteiger partial charge in [-0.2, -0.15) is 0 Å². The third kappa shape index (κ3) is 3.49. The van der Waals surface area contributed by atoms with Crippen LogP contribution in [-0.2, 0) is 10.2 Å². The summed E-state index contributed by atoms with van der Waals surface area (Å²) >= 11 is 0. The van der Waals surface area contributed by atoms with Crippen molar-refractivity contribution in [3.05, 3.63) is 35.6 Å². The summed E-state index contributed by atoms with van der Waals surface area (Å²) in [6, 6.07) is 6.44. The van der Waals surface area contributed by atoms with Crippen LogP contribution < -0.4 is 11.1 Å². The Labute approximate surface area is 125 Å². The molecule has 0 aromatic heterocycles. The summed E-state index contributed by atoms with van der Waals surface area (Å²) in [4.78, 5) is 12.5. The molecule has 0 heterocycles. The maximum absolute atomic E-state index is 13.5. The van der Waals surface area contributed by atoms with E-state index in [0.29, 0.717) is 13.1 Å². The van der Waals surface area contributed by atoms with Crippen molar-refractivity contribution in [1.82, 2.24) is 5.32 Å². The predicted octanol–water partition coefficient (Wildman–Crippen LogP) is 2.52. The molecule has 0 unspecified atom stereocenters. The Kier molecular flexibility index (Phi) is 6.43. The van der Waals surface area contributed by atoms with Crippen LogP contribution in [0.5, 0.6) is 0 Å². The van der Waals surface area contributed by atoms with Crippen LogP contribution in [0.1, 0.15) is 37.7 Å². The van der Waals surface area contributed by atoms with Gasteiger partial charge in [0.2, 0.25) is 5.91 Å². The molecule has 1 fully saturated rings. The molecular weight excluding hydrogens is 279 g/mol. The molecule has 0 atom stereocenters. The highest BCUT2D eigenvalue weighted by Crippen LogP contribution is 2.39. The summed E-state index contributed by atoms with van der Waals surface area (Å²) in [5, 5.41) is 2.87. The van der Waals surface area contributed by atoms with Gasteiger partial charge in [0.25, 0.3) is 0 Å². The van der Waals surface area contributed by atoms with Gasteiger partial charge < -0.3 is 11.1 Å². The predicted molar refractivity (Wildman–Crippen MR) is 80.5 cm³/mol. The maximum atomic E-state index is 13.5. The molecule has 0 saturated heterocycles. The largest absolute Gasteiger partial charge is 0.354 e. The summed E-state index contributed by atoms with van der Waals surface area (Å²) in [5.74, 6) is -0.294. The molecule has 3 N–H and O–H groups in total. The van der Waals surface area contributed by atoms with Crippen LogP contribution in [0.3, 0.4) is 0 Å². The number of halogens is 2. The molecule has 1 amide bonds. The third-order valence-electron chi connectivity index (χ3n) is 3.95. The molecule has 20 heavy (non-hydrogen) atoms. The van der Waals surface area contributed by atoms with Crippen molar-refractivity contribution in [1.29, 1.82) is 0 Å². The quantitative estimate of drug-likeness (QED) is 0.898. The van der Waals surface area contributed by atoms with Crippen molar-refractivity contribution in [3.63, 3.8) is 0 Å². The molecule has 112 valence electrons. The number of nitrogens with two attached hydrogens (primary N) is 1. The second kappa shape index (κ2) is 7.60. The maximum Gasteiger partial charge on any atom is 0.230 e. The first kappa shape index (κ1) is 16.9. The van der Waals surface area contributed by atoms with E-state index in [0.717, 1.165) is 37.7 Å². The van der Waals surface area contributed by atoms with Crippen LogP contribution in [0.25, 0.3) is 0 Å². The van der Waals surface area contributed by atoms with Crippen LogP contribution in [0.15, 0.2) is 24.3 Å². The lowest BCUT2D eigenvalue weighted by atomic mass is 9.68. The number of benzene rings is 1. The number of rotatable bonds is 4. The first-order valence-corrected chi connectivity index (χ1v) is 6.93. The Hall–Kier alpha value is -1.13. The summed E-state index contributed by atoms with van der Waals surface area (Å²) < 4.78 is 13.5. The van der Waals surface area contributed by atoms with E-state index in [1.54, 1.807) is 6.07 Å². The Bertz CT molecular complexity index is 447. The topological polar surface area (TPSA) is 55.1 Å². The van der Waals surface area contributed by atoms with Gasteiger partial charge in [0.05, 0.1) is 5.41 Å². The van der Waals surface area contributed by atoms with Crippen LogP contribution in [-0.4, -0.2) is 19.0 Å². The summed E-state index contributed by atoms with van der Waals surface area (Å²) in [6.07, 6.45) is 4.72. The fourth-order valence-corrected chi connectivity index (χ4v) is 2.94. The normalized spacial score (nSPS) is 17.1. The van der Waals surface area contributed by atoms with E-state index in [2.05, 4.69) is 5.32 Å². The average Bonchev–Trinajstić information content (AvgIpc) is 2.45. The number of carbonyl (C=O) groups excluding carboxylic acids is 1. The zero-order chi connectivity index (χ0) is 13.7. The van der Waals surface area contributed by atoms with Gasteiger partial charge >= 0.3 is 0 Å². The smallest absolute Gasteiger partial charge is 0.230 e. The molecule has 1 aliphatic carbocycles. The highest BCUT2D eigenvalue weighted by Gasteiger charge is 2.40. The minimum Gasteiger partial charge on any atom is -0.354 e. The molecule has 1 aromatic rings. The first-order valence-electron chi connectivity index (χ1n) is 6.93. The molecule has 0 aliphatic heterocycles. The lowest BCUT2D eigenvalue weighted by Crippen LogP contribution is -2.47. The second-order valence-corrected chi connectivity index (χ2v) is 5.20. The summed E-state index contributed by atoms with van der Waals surface area (Å²) in [6.45, 7) is 0.890. The van der Waals surface area contributed by atoms with Gasteiger partial charge in [0.15, 0.2) is 0 Å². The minimum atomic E-state index is -0.574. The van der Waals surface area contributed by atoms with Gasteiger partial charge in [0.1, 0.15) is 5.82 Å².